The highest BCUT2D eigenvalue weighted by atomic mass is 15.2. The van der Waals surface area contributed by atoms with Crippen molar-refractivity contribution in [3.8, 4) is 0 Å². The summed E-state index contributed by atoms with van der Waals surface area (Å²) < 4.78 is 0. The van der Waals surface area contributed by atoms with E-state index in [1.54, 1.807) is 0 Å². The second-order valence-corrected chi connectivity index (χ2v) is 5.79. The summed E-state index contributed by atoms with van der Waals surface area (Å²) in [7, 11) is 0. The van der Waals surface area contributed by atoms with Gasteiger partial charge in [-0.2, -0.15) is 0 Å². The fourth-order valence-corrected chi connectivity index (χ4v) is 3.25. The zero-order chi connectivity index (χ0) is 14.1. The maximum absolute atomic E-state index is 6.08. The maximum atomic E-state index is 6.08. The zero-order valence-corrected chi connectivity index (χ0v) is 12.3. The van der Waals surface area contributed by atoms with Gasteiger partial charge in [0.15, 0.2) is 0 Å². The number of nitrogens with zero attached hydrogens (tertiary/aromatic N) is 1. The lowest BCUT2D eigenvalue weighted by atomic mass is 9.98. The first kappa shape index (κ1) is 13.3. The van der Waals surface area contributed by atoms with E-state index in [2.05, 4.69) is 61.2 Å². The summed E-state index contributed by atoms with van der Waals surface area (Å²) in [6.45, 7) is 7.00. The first-order chi connectivity index (χ1) is 9.69. The van der Waals surface area contributed by atoms with Gasteiger partial charge in [0.25, 0.3) is 0 Å². The van der Waals surface area contributed by atoms with Crippen LogP contribution in [0.2, 0.25) is 0 Å². The Morgan fingerprint density at radius 3 is 2.25 bits per heavy atom. The molecule has 2 nitrogen and oxygen atoms in total. The summed E-state index contributed by atoms with van der Waals surface area (Å²) in [5, 5.41) is 0. The van der Waals surface area contributed by atoms with Crippen LogP contribution in [0.1, 0.15) is 33.9 Å². The minimum Gasteiger partial charge on any atom is -0.329 e. The molecule has 0 aromatic heterocycles. The second kappa shape index (κ2) is 5.39. The molecule has 0 amide bonds. The molecule has 1 aliphatic heterocycles. The van der Waals surface area contributed by atoms with E-state index < -0.39 is 0 Å². The summed E-state index contributed by atoms with van der Waals surface area (Å²) in [5.41, 5.74) is 13.0. The van der Waals surface area contributed by atoms with Gasteiger partial charge in [0, 0.05) is 25.7 Å². The lowest BCUT2D eigenvalue weighted by molar-refractivity contribution is 0.204. The summed E-state index contributed by atoms with van der Waals surface area (Å²) in [4.78, 5) is 2.49. The van der Waals surface area contributed by atoms with Crippen molar-refractivity contribution < 1.29 is 0 Å². The maximum Gasteiger partial charge on any atom is 0.0480 e. The molecule has 20 heavy (non-hydrogen) atoms. The summed E-state index contributed by atoms with van der Waals surface area (Å²) in [6.07, 6.45) is 0. The molecular weight excluding hydrogens is 244 g/mol. The largest absolute Gasteiger partial charge is 0.329 e. The van der Waals surface area contributed by atoms with Crippen molar-refractivity contribution in [2.45, 2.75) is 33.0 Å². The molecule has 0 aliphatic carbocycles. The molecule has 0 radical (unpaired) electrons. The van der Waals surface area contributed by atoms with E-state index in [9.17, 15) is 0 Å². The molecule has 2 aromatic carbocycles. The van der Waals surface area contributed by atoms with Crippen LogP contribution in [0.4, 0.5) is 0 Å². The van der Waals surface area contributed by atoms with Crippen LogP contribution < -0.4 is 5.73 Å². The van der Waals surface area contributed by atoms with E-state index in [4.69, 9.17) is 5.73 Å². The first-order valence-corrected chi connectivity index (χ1v) is 7.27. The predicted octanol–water partition coefficient (Wildman–Crippen LogP) is 3.32. The zero-order valence-electron chi connectivity index (χ0n) is 12.3. The highest BCUT2D eigenvalue weighted by molar-refractivity contribution is 5.35. The molecule has 2 aromatic rings. The number of aryl methyl sites for hydroxylation is 2. The number of hydrogen-bond acceptors (Lipinski definition) is 2. The summed E-state index contributed by atoms with van der Waals surface area (Å²) in [5.74, 6) is 0. The molecular formula is C18H22N2. The third kappa shape index (κ3) is 2.37. The van der Waals surface area contributed by atoms with Crippen molar-refractivity contribution in [2.75, 3.05) is 6.54 Å². The Labute approximate surface area is 121 Å². The molecule has 0 fully saturated rings. The standard InChI is InChI=1S/C18H22N2/c1-13-7-8-17(14(2)9-13)18(10-19)20-11-15-5-3-4-6-16(15)12-20/h3-9,18H,10-12,19H2,1-2H3. The van der Waals surface area contributed by atoms with Crippen molar-refractivity contribution in [3.63, 3.8) is 0 Å². The van der Waals surface area contributed by atoms with E-state index in [0.717, 1.165) is 13.1 Å². The van der Waals surface area contributed by atoms with E-state index in [-0.39, 0.29) is 0 Å². The Kier molecular flexibility index (Phi) is 3.60. The molecule has 0 bridgehead atoms. The fraction of sp³-hybridized carbons (Fsp3) is 0.333. The van der Waals surface area contributed by atoms with Gasteiger partial charge in [-0.15, -0.1) is 0 Å². The van der Waals surface area contributed by atoms with Crippen LogP contribution in [0.3, 0.4) is 0 Å². The van der Waals surface area contributed by atoms with Crippen molar-refractivity contribution in [2.24, 2.45) is 5.73 Å². The number of nitrogens with two attached hydrogens (primary N) is 1. The molecule has 1 heterocycles. The third-order valence-corrected chi connectivity index (χ3v) is 4.31. The molecule has 1 aliphatic rings. The number of hydrogen-bond donors (Lipinski definition) is 1. The highest BCUT2D eigenvalue weighted by Gasteiger charge is 2.26. The monoisotopic (exact) mass is 266 g/mol. The Morgan fingerprint density at radius 1 is 1.05 bits per heavy atom. The second-order valence-electron chi connectivity index (χ2n) is 5.79. The van der Waals surface area contributed by atoms with Gasteiger partial charge in [-0.05, 0) is 36.1 Å². The van der Waals surface area contributed by atoms with Crippen LogP contribution in [0, 0.1) is 13.8 Å². The minimum atomic E-state index is 0.308. The normalized spacial score (nSPS) is 16.1. The smallest absolute Gasteiger partial charge is 0.0480 e. The number of rotatable bonds is 3. The number of benzene rings is 2. The predicted molar refractivity (Wildman–Crippen MR) is 83.4 cm³/mol. The van der Waals surface area contributed by atoms with Gasteiger partial charge >= 0.3 is 0 Å². The average molecular weight is 266 g/mol. The van der Waals surface area contributed by atoms with Gasteiger partial charge in [-0.3, -0.25) is 4.90 Å². The fourth-order valence-electron chi connectivity index (χ4n) is 3.25. The van der Waals surface area contributed by atoms with Gasteiger partial charge in [0.2, 0.25) is 0 Å². The molecule has 2 N–H and O–H groups in total. The van der Waals surface area contributed by atoms with Gasteiger partial charge in [-0.25, -0.2) is 0 Å². The van der Waals surface area contributed by atoms with Crippen LogP contribution in [0.25, 0.3) is 0 Å². The average Bonchev–Trinajstić information content (AvgIpc) is 2.85. The molecule has 104 valence electrons. The summed E-state index contributed by atoms with van der Waals surface area (Å²) in [6, 6.07) is 15.7. The van der Waals surface area contributed by atoms with E-state index in [1.807, 2.05) is 0 Å². The van der Waals surface area contributed by atoms with E-state index >= 15 is 0 Å². The van der Waals surface area contributed by atoms with E-state index in [1.165, 1.54) is 27.8 Å². The summed E-state index contributed by atoms with van der Waals surface area (Å²) >= 11 is 0. The van der Waals surface area contributed by atoms with Crippen molar-refractivity contribution in [1.82, 2.24) is 4.90 Å². The van der Waals surface area contributed by atoms with Crippen molar-refractivity contribution in [1.29, 1.82) is 0 Å². The molecule has 2 heteroatoms. The molecule has 0 saturated carbocycles. The molecule has 3 rings (SSSR count). The molecule has 1 unspecified atom stereocenters. The highest BCUT2D eigenvalue weighted by Crippen LogP contribution is 2.32. The Bertz CT molecular complexity index is 594. The quantitative estimate of drug-likeness (QED) is 0.923. The Hall–Kier alpha value is -1.64. The van der Waals surface area contributed by atoms with Crippen LogP contribution in [-0.2, 0) is 13.1 Å². The Morgan fingerprint density at radius 2 is 1.70 bits per heavy atom. The SMILES string of the molecule is Cc1ccc(C(CN)N2Cc3ccccc3C2)c(C)c1. The molecule has 0 saturated heterocycles. The first-order valence-electron chi connectivity index (χ1n) is 7.27. The van der Waals surface area contributed by atoms with Crippen molar-refractivity contribution in [3.05, 3.63) is 70.3 Å². The lowest BCUT2D eigenvalue weighted by Crippen LogP contribution is -2.30. The van der Waals surface area contributed by atoms with Gasteiger partial charge in [0.05, 0.1) is 0 Å². The topological polar surface area (TPSA) is 29.3 Å². The van der Waals surface area contributed by atoms with Crippen LogP contribution in [0.5, 0.6) is 0 Å². The van der Waals surface area contributed by atoms with Crippen LogP contribution in [0.15, 0.2) is 42.5 Å². The van der Waals surface area contributed by atoms with E-state index in [0.29, 0.717) is 12.6 Å². The van der Waals surface area contributed by atoms with Gasteiger partial charge < -0.3 is 5.73 Å². The van der Waals surface area contributed by atoms with Crippen molar-refractivity contribution >= 4 is 0 Å². The lowest BCUT2D eigenvalue weighted by Gasteiger charge is -2.28. The minimum absolute atomic E-state index is 0.308. The Balaban J connectivity index is 1.89. The van der Waals surface area contributed by atoms with Crippen LogP contribution in [-0.4, -0.2) is 11.4 Å². The number of fused-ring (bicyclic) bond motifs is 1. The van der Waals surface area contributed by atoms with Gasteiger partial charge in [-0.1, -0.05) is 48.0 Å². The third-order valence-electron chi connectivity index (χ3n) is 4.31. The molecule has 0 spiro atoms. The molecule has 1 atom stereocenters. The van der Waals surface area contributed by atoms with Crippen LogP contribution >= 0.6 is 0 Å². The van der Waals surface area contributed by atoms with Gasteiger partial charge in [0.1, 0.15) is 0 Å².